The number of nitrogens with one attached hydrogen (secondary N) is 2. The number of nitro groups is 1. The number of anilines is 1. The molecule has 2 aromatic carbocycles. The van der Waals surface area contributed by atoms with Gasteiger partial charge in [0.25, 0.3) is 11.6 Å². The number of carbonyl (C=O) groups excluding carboxylic acids is 1. The van der Waals surface area contributed by atoms with E-state index in [2.05, 4.69) is 10.6 Å². The van der Waals surface area contributed by atoms with Crippen molar-refractivity contribution < 1.29 is 32.4 Å². The number of ether oxygens (including phenoxy) is 2. The lowest BCUT2D eigenvalue weighted by atomic mass is 10.1. The summed E-state index contributed by atoms with van der Waals surface area (Å²) in [5.74, 6) is 0.411. The summed E-state index contributed by atoms with van der Waals surface area (Å²) in [6.45, 7) is 0.136. The largest absolute Gasteiger partial charge is 0.493 e. The van der Waals surface area contributed by atoms with Crippen LogP contribution in [0, 0.1) is 10.1 Å². The van der Waals surface area contributed by atoms with Crippen LogP contribution >= 0.6 is 0 Å². The smallest absolute Gasteiger partial charge is 0.416 e. The topological polar surface area (TPSA) is 103 Å². The molecule has 0 aliphatic heterocycles. The summed E-state index contributed by atoms with van der Waals surface area (Å²) in [6, 6.07) is 6.78. The maximum Gasteiger partial charge on any atom is 0.416 e. The van der Waals surface area contributed by atoms with Gasteiger partial charge in [-0.15, -0.1) is 0 Å². The third kappa shape index (κ3) is 5.50. The highest BCUT2D eigenvalue weighted by Gasteiger charge is 2.33. The molecular formula is C18H18F3N3O5. The average molecular weight is 413 g/mol. The summed E-state index contributed by atoms with van der Waals surface area (Å²) in [6.07, 6.45) is -4.68. The molecule has 2 aromatic rings. The van der Waals surface area contributed by atoms with Crippen molar-refractivity contribution in [2.75, 3.05) is 32.6 Å². The highest BCUT2D eigenvalue weighted by molar-refractivity contribution is 5.94. The van der Waals surface area contributed by atoms with Crippen LogP contribution in [0.2, 0.25) is 0 Å². The lowest BCUT2D eigenvalue weighted by Gasteiger charge is -2.12. The molecule has 0 saturated heterocycles. The fourth-order valence-electron chi connectivity index (χ4n) is 2.46. The van der Waals surface area contributed by atoms with Gasteiger partial charge in [-0.2, -0.15) is 13.2 Å². The molecule has 2 rings (SSSR count). The van der Waals surface area contributed by atoms with Crippen molar-refractivity contribution in [2.24, 2.45) is 0 Å². The van der Waals surface area contributed by atoms with Gasteiger partial charge in [-0.3, -0.25) is 14.9 Å². The number of carbonyl (C=O) groups is 1. The number of halogens is 3. The van der Waals surface area contributed by atoms with Crippen LogP contribution in [0.3, 0.4) is 0 Å². The second-order valence-electron chi connectivity index (χ2n) is 5.74. The summed E-state index contributed by atoms with van der Waals surface area (Å²) in [5.41, 5.74) is -1.59. The zero-order valence-electron chi connectivity index (χ0n) is 15.5. The van der Waals surface area contributed by atoms with E-state index in [4.69, 9.17) is 9.47 Å². The average Bonchev–Trinajstić information content (AvgIpc) is 2.69. The highest BCUT2D eigenvalue weighted by Crippen LogP contribution is 2.34. The van der Waals surface area contributed by atoms with Gasteiger partial charge in [0.15, 0.2) is 11.5 Å². The number of methoxy groups -OCH3 is 2. The fourth-order valence-corrected chi connectivity index (χ4v) is 2.46. The maximum atomic E-state index is 12.7. The van der Waals surface area contributed by atoms with Crippen LogP contribution in [-0.4, -0.2) is 38.1 Å². The van der Waals surface area contributed by atoms with Gasteiger partial charge in [0.2, 0.25) is 0 Å². The quantitative estimate of drug-likeness (QED) is 0.390. The second-order valence-corrected chi connectivity index (χ2v) is 5.74. The maximum absolute atomic E-state index is 12.7. The molecule has 2 N–H and O–H groups in total. The van der Waals surface area contributed by atoms with Crippen LogP contribution < -0.4 is 20.1 Å². The Balaban J connectivity index is 1.98. The molecule has 156 valence electrons. The van der Waals surface area contributed by atoms with E-state index < -0.39 is 28.3 Å². The van der Waals surface area contributed by atoms with E-state index in [0.717, 1.165) is 12.1 Å². The lowest BCUT2D eigenvalue weighted by Crippen LogP contribution is -2.28. The summed E-state index contributed by atoms with van der Waals surface area (Å²) >= 11 is 0. The second kappa shape index (κ2) is 9.13. The number of hydrogen-bond acceptors (Lipinski definition) is 6. The van der Waals surface area contributed by atoms with Crippen molar-refractivity contribution in [2.45, 2.75) is 6.18 Å². The standard InChI is InChI=1S/C18H18F3N3O5/c1-28-15-6-3-11(9-16(15)29-2)17(25)23-8-7-22-13-5-4-12(18(19,20)21)10-14(13)24(26)27/h3-6,9-10,22H,7-8H2,1-2H3,(H,23,25). The Morgan fingerprint density at radius 3 is 2.34 bits per heavy atom. The van der Waals surface area contributed by atoms with E-state index in [1.165, 1.54) is 26.4 Å². The number of benzene rings is 2. The summed E-state index contributed by atoms with van der Waals surface area (Å²) in [7, 11) is 2.89. The Bertz CT molecular complexity index is 903. The van der Waals surface area contributed by atoms with Gasteiger partial charge in [0.1, 0.15) is 5.69 Å². The minimum Gasteiger partial charge on any atom is -0.493 e. The molecule has 11 heteroatoms. The van der Waals surface area contributed by atoms with E-state index in [9.17, 15) is 28.1 Å². The van der Waals surface area contributed by atoms with Crippen LogP contribution in [0.15, 0.2) is 36.4 Å². The molecule has 0 aliphatic carbocycles. The van der Waals surface area contributed by atoms with Gasteiger partial charge in [-0.05, 0) is 30.3 Å². The molecule has 0 heterocycles. The Morgan fingerprint density at radius 1 is 1.07 bits per heavy atom. The molecule has 29 heavy (non-hydrogen) atoms. The molecule has 0 bridgehead atoms. The van der Waals surface area contributed by atoms with Gasteiger partial charge in [0, 0.05) is 24.7 Å². The molecule has 0 atom stereocenters. The van der Waals surface area contributed by atoms with E-state index in [1.807, 2.05) is 0 Å². The van der Waals surface area contributed by atoms with Crippen molar-refractivity contribution in [3.63, 3.8) is 0 Å². The SMILES string of the molecule is COc1ccc(C(=O)NCCNc2ccc(C(F)(F)F)cc2[N+](=O)[O-])cc1OC. The van der Waals surface area contributed by atoms with E-state index in [1.54, 1.807) is 6.07 Å². The predicted molar refractivity (Wildman–Crippen MR) is 98.5 cm³/mol. The lowest BCUT2D eigenvalue weighted by molar-refractivity contribution is -0.384. The van der Waals surface area contributed by atoms with Gasteiger partial charge in [-0.1, -0.05) is 0 Å². The minimum absolute atomic E-state index is 0.0607. The van der Waals surface area contributed by atoms with E-state index in [0.29, 0.717) is 23.1 Å². The number of hydrogen-bond donors (Lipinski definition) is 2. The van der Waals surface area contributed by atoms with Crippen molar-refractivity contribution in [3.05, 3.63) is 57.6 Å². The number of amides is 1. The zero-order chi connectivity index (χ0) is 21.6. The van der Waals surface area contributed by atoms with Crippen molar-refractivity contribution >= 4 is 17.3 Å². The Kier molecular flexibility index (Phi) is 6.86. The summed E-state index contributed by atoms with van der Waals surface area (Å²) in [5, 5.41) is 16.3. The number of nitrogens with zero attached hydrogens (tertiary/aromatic N) is 1. The number of alkyl halides is 3. The first-order chi connectivity index (χ1) is 13.7. The molecular weight excluding hydrogens is 395 g/mol. The first-order valence-electron chi connectivity index (χ1n) is 8.27. The third-order valence-electron chi connectivity index (χ3n) is 3.89. The van der Waals surface area contributed by atoms with Gasteiger partial charge < -0.3 is 20.1 Å². The molecule has 0 aromatic heterocycles. The Labute approximate surface area is 163 Å². The van der Waals surface area contributed by atoms with Gasteiger partial charge >= 0.3 is 6.18 Å². The van der Waals surface area contributed by atoms with Crippen molar-refractivity contribution in [1.29, 1.82) is 0 Å². The molecule has 0 spiro atoms. The van der Waals surface area contributed by atoms with Crippen LogP contribution in [0.1, 0.15) is 15.9 Å². The monoisotopic (exact) mass is 413 g/mol. The van der Waals surface area contributed by atoms with Crippen LogP contribution in [0.25, 0.3) is 0 Å². The molecule has 0 unspecified atom stereocenters. The van der Waals surface area contributed by atoms with Crippen LogP contribution in [-0.2, 0) is 6.18 Å². The number of nitro benzene ring substituents is 1. The van der Waals surface area contributed by atoms with Crippen molar-refractivity contribution in [3.8, 4) is 11.5 Å². The normalized spacial score (nSPS) is 10.9. The Hall–Kier alpha value is -3.50. The first kappa shape index (κ1) is 21.8. The highest BCUT2D eigenvalue weighted by atomic mass is 19.4. The van der Waals surface area contributed by atoms with Crippen LogP contribution in [0.5, 0.6) is 11.5 Å². The molecule has 8 nitrogen and oxygen atoms in total. The summed E-state index contributed by atoms with van der Waals surface area (Å²) < 4.78 is 48.3. The van der Waals surface area contributed by atoms with E-state index >= 15 is 0 Å². The predicted octanol–water partition coefficient (Wildman–Crippen LogP) is 3.47. The zero-order valence-corrected chi connectivity index (χ0v) is 15.5. The van der Waals surface area contributed by atoms with E-state index in [-0.39, 0.29) is 18.8 Å². The fraction of sp³-hybridized carbons (Fsp3) is 0.278. The molecule has 1 amide bonds. The molecule has 0 aliphatic rings. The number of rotatable bonds is 8. The summed E-state index contributed by atoms with van der Waals surface area (Å²) in [4.78, 5) is 22.3. The Morgan fingerprint density at radius 2 is 1.76 bits per heavy atom. The molecule has 0 radical (unpaired) electrons. The van der Waals surface area contributed by atoms with Crippen LogP contribution in [0.4, 0.5) is 24.5 Å². The third-order valence-corrected chi connectivity index (χ3v) is 3.89. The van der Waals surface area contributed by atoms with Crippen molar-refractivity contribution in [1.82, 2.24) is 5.32 Å². The molecule has 0 saturated carbocycles. The van der Waals surface area contributed by atoms with Gasteiger partial charge in [-0.25, -0.2) is 0 Å². The van der Waals surface area contributed by atoms with Gasteiger partial charge in [0.05, 0.1) is 24.7 Å². The molecule has 0 fully saturated rings. The minimum atomic E-state index is -4.68. The first-order valence-corrected chi connectivity index (χ1v) is 8.27.